The number of aromatic nitrogens is 3. The number of hydrogen-bond donors (Lipinski definition) is 1. The Labute approximate surface area is 111 Å². The summed E-state index contributed by atoms with van der Waals surface area (Å²) < 4.78 is 14.7. The summed E-state index contributed by atoms with van der Waals surface area (Å²) in [6, 6.07) is 6.60. The number of aryl methyl sites for hydroxylation is 1. The van der Waals surface area contributed by atoms with Gasteiger partial charge in [-0.2, -0.15) is 0 Å². The van der Waals surface area contributed by atoms with Crippen LogP contribution in [-0.2, 0) is 0 Å². The second-order valence-corrected chi connectivity index (χ2v) is 4.81. The van der Waals surface area contributed by atoms with Gasteiger partial charge in [0.15, 0.2) is 0 Å². The second kappa shape index (κ2) is 4.17. The van der Waals surface area contributed by atoms with Gasteiger partial charge < -0.3 is 4.98 Å². The minimum Gasteiger partial charge on any atom is -0.345 e. The highest BCUT2D eigenvalue weighted by atomic mass is 79.9. The fourth-order valence-electron chi connectivity index (χ4n) is 1.96. The number of nitrogens with one attached hydrogen (secondary N) is 1. The lowest BCUT2D eigenvalue weighted by Crippen LogP contribution is -1.94. The summed E-state index contributed by atoms with van der Waals surface area (Å²) >= 11 is 3.43. The van der Waals surface area contributed by atoms with E-state index < -0.39 is 0 Å². The highest BCUT2D eigenvalue weighted by Gasteiger charge is 2.15. The van der Waals surface area contributed by atoms with Gasteiger partial charge in [-0.1, -0.05) is 12.1 Å². The predicted molar refractivity (Wildman–Crippen MR) is 71.7 cm³/mol. The molecule has 0 atom stereocenters. The Morgan fingerprint density at radius 2 is 2.00 bits per heavy atom. The van der Waals surface area contributed by atoms with Crippen molar-refractivity contribution >= 4 is 27.0 Å². The number of aromatic amines is 1. The van der Waals surface area contributed by atoms with Gasteiger partial charge in [0.1, 0.15) is 17.3 Å². The van der Waals surface area contributed by atoms with E-state index in [2.05, 4.69) is 30.9 Å². The molecule has 1 aromatic carbocycles. The van der Waals surface area contributed by atoms with Gasteiger partial charge in [0.05, 0.1) is 11.1 Å². The van der Waals surface area contributed by atoms with Gasteiger partial charge in [0, 0.05) is 16.2 Å². The topological polar surface area (TPSA) is 41.6 Å². The van der Waals surface area contributed by atoms with Crippen molar-refractivity contribution in [3.63, 3.8) is 0 Å². The molecule has 2 aromatic heterocycles. The Morgan fingerprint density at radius 3 is 2.78 bits per heavy atom. The van der Waals surface area contributed by atoms with Crippen molar-refractivity contribution in [2.24, 2.45) is 0 Å². The van der Waals surface area contributed by atoms with Crippen LogP contribution >= 0.6 is 15.9 Å². The van der Waals surface area contributed by atoms with Crippen molar-refractivity contribution in [2.45, 2.75) is 6.92 Å². The van der Waals surface area contributed by atoms with Crippen LogP contribution in [-0.4, -0.2) is 15.0 Å². The molecule has 0 saturated heterocycles. The zero-order valence-corrected chi connectivity index (χ0v) is 11.1. The molecule has 3 aromatic rings. The Hall–Kier alpha value is -1.75. The van der Waals surface area contributed by atoms with Crippen LogP contribution in [0, 0.1) is 12.7 Å². The highest BCUT2D eigenvalue weighted by molar-refractivity contribution is 9.10. The monoisotopic (exact) mass is 305 g/mol. The molecule has 0 aliphatic heterocycles. The first-order valence-electron chi connectivity index (χ1n) is 5.43. The predicted octanol–water partition coefficient (Wildman–Crippen LogP) is 3.83. The van der Waals surface area contributed by atoms with Crippen molar-refractivity contribution in [3.05, 3.63) is 46.6 Å². The fourth-order valence-corrected chi connectivity index (χ4v) is 2.45. The van der Waals surface area contributed by atoms with Crippen LogP contribution in [0.4, 0.5) is 4.39 Å². The van der Waals surface area contributed by atoms with E-state index in [9.17, 15) is 4.39 Å². The molecule has 0 fully saturated rings. The number of benzene rings is 1. The van der Waals surface area contributed by atoms with E-state index in [0.717, 1.165) is 9.86 Å². The number of halogens is 2. The summed E-state index contributed by atoms with van der Waals surface area (Å²) in [6.07, 6.45) is 1.78. The summed E-state index contributed by atoms with van der Waals surface area (Å²) in [7, 11) is 0. The molecule has 0 saturated carbocycles. The average molecular weight is 306 g/mol. The molecule has 0 aliphatic rings. The van der Waals surface area contributed by atoms with Gasteiger partial charge in [-0.05, 0) is 35.0 Å². The third-order valence-electron chi connectivity index (χ3n) is 2.72. The number of nitrogens with zero attached hydrogens (tertiary/aromatic N) is 2. The van der Waals surface area contributed by atoms with Crippen LogP contribution in [0.3, 0.4) is 0 Å². The molecular formula is C13H9BrFN3. The largest absolute Gasteiger partial charge is 0.345 e. The molecule has 1 N–H and O–H groups in total. The maximum atomic E-state index is 13.9. The lowest BCUT2D eigenvalue weighted by atomic mass is 10.1. The Balaban J connectivity index is 2.41. The van der Waals surface area contributed by atoms with Gasteiger partial charge in [-0.15, -0.1) is 0 Å². The van der Waals surface area contributed by atoms with Crippen molar-refractivity contribution < 1.29 is 4.39 Å². The third-order valence-corrected chi connectivity index (χ3v) is 3.35. The summed E-state index contributed by atoms with van der Waals surface area (Å²) in [5.41, 5.74) is 1.78. The van der Waals surface area contributed by atoms with Gasteiger partial charge in [0.2, 0.25) is 0 Å². The van der Waals surface area contributed by atoms with E-state index in [1.807, 2.05) is 0 Å². The molecule has 5 heteroatoms. The van der Waals surface area contributed by atoms with Crippen molar-refractivity contribution in [2.75, 3.05) is 0 Å². The molecule has 0 unspecified atom stereocenters. The van der Waals surface area contributed by atoms with Gasteiger partial charge in [-0.25, -0.2) is 14.4 Å². The molecule has 0 amide bonds. The van der Waals surface area contributed by atoms with Crippen LogP contribution in [0.2, 0.25) is 0 Å². The molecule has 0 aliphatic carbocycles. The minimum absolute atomic E-state index is 0.287. The van der Waals surface area contributed by atoms with E-state index >= 15 is 0 Å². The van der Waals surface area contributed by atoms with Crippen LogP contribution in [0.1, 0.15) is 5.82 Å². The van der Waals surface area contributed by atoms with E-state index in [-0.39, 0.29) is 5.82 Å². The first kappa shape index (κ1) is 11.3. The number of fused-ring (bicyclic) bond motifs is 1. The van der Waals surface area contributed by atoms with E-state index in [1.165, 1.54) is 6.07 Å². The lowest BCUT2D eigenvalue weighted by Gasteiger charge is -2.05. The van der Waals surface area contributed by atoms with Crippen molar-refractivity contribution in [3.8, 4) is 11.3 Å². The Bertz CT molecular complexity index is 736. The Morgan fingerprint density at radius 1 is 1.22 bits per heavy atom. The Kier molecular flexibility index (Phi) is 2.63. The smallest absolute Gasteiger partial charge is 0.142 e. The van der Waals surface area contributed by atoms with Gasteiger partial charge in [-0.3, -0.25) is 0 Å². The molecule has 0 bridgehead atoms. The highest BCUT2D eigenvalue weighted by Crippen LogP contribution is 2.32. The van der Waals surface area contributed by atoms with E-state index in [0.29, 0.717) is 22.7 Å². The molecular weight excluding hydrogens is 297 g/mol. The van der Waals surface area contributed by atoms with E-state index in [1.54, 1.807) is 31.3 Å². The van der Waals surface area contributed by atoms with Gasteiger partial charge in [0.25, 0.3) is 0 Å². The number of rotatable bonds is 1. The lowest BCUT2D eigenvalue weighted by molar-refractivity contribution is 0.631. The zero-order valence-electron chi connectivity index (χ0n) is 9.54. The standard InChI is InChI=1S/C13H9BrFN3/c1-7-17-12(8-4-2-3-5-10(8)15)11-9(14)6-16-13(11)18-7/h2-6H,1H3,(H,16,17,18). The molecule has 0 spiro atoms. The maximum absolute atomic E-state index is 13.9. The van der Waals surface area contributed by atoms with Crippen LogP contribution < -0.4 is 0 Å². The number of H-pyrrole nitrogens is 1. The molecule has 90 valence electrons. The summed E-state index contributed by atoms with van der Waals surface area (Å²) in [5, 5.41) is 0.797. The van der Waals surface area contributed by atoms with Crippen molar-refractivity contribution in [1.82, 2.24) is 15.0 Å². The summed E-state index contributed by atoms with van der Waals surface area (Å²) in [5.74, 6) is 0.320. The third kappa shape index (κ3) is 1.71. The summed E-state index contributed by atoms with van der Waals surface area (Å²) in [4.78, 5) is 11.7. The normalized spacial score (nSPS) is 11.1. The molecule has 18 heavy (non-hydrogen) atoms. The molecule has 3 rings (SSSR count). The maximum Gasteiger partial charge on any atom is 0.142 e. The molecule has 3 nitrogen and oxygen atoms in total. The van der Waals surface area contributed by atoms with Crippen LogP contribution in [0.25, 0.3) is 22.3 Å². The number of hydrogen-bond acceptors (Lipinski definition) is 2. The first-order chi connectivity index (χ1) is 8.66. The molecule has 0 radical (unpaired) electrons. The van der Waals surface area contributed by atoms with E-state index in [4.69, 9.17) is 0 Å². The zero-order chi connectivity index (χ0) is 12.7. The SMILES string of the molecule is Cc1nc(-c2ccccc2F)c2c(Br)c[nH]c2n1. The van der Waals surface area contributed by atoms with Gasteiger partial charge >= 0.3 is 0 Å². The van der Waals surface area contributed by atoms with Crippen LogP contribution in [0.15, 0.2) is 34.9 Å². The summed E-state index contributed by atoms with van der Waals surface area (Å²) in [6.45, 7) is 1.79. The average Bonchev–Trinajstić information content (AvgIpc) is 2.71. The fraction of sp³-hybridized carbons (Fsp3) is 0.0769. The molecule has 2 heterocycles. The minimum atomic E-state index is -0.287. The first-order valence-corrected chi connectivity index (χ1v) is 6.22. The van der Waals surface area contributed by atoms with Crippen molar-refractivity contribution in [1.29, 1.82) is 0 Å². The van der Waals surface area contributed by atoms with Crippen LogP contribution in [0.5, 0.6) is 0 Å². The quantitative estimate of drug-likeness (QED) is 0.742. The second-order valence-electron chi connectivity index (χ2n) is 3.96.